The maximum Gasteiger partial charge on any atom is 0.335 e. The Morgan fingerprint density at radius 1 is 1.10 bits per heavy atom. The van der Waals surface area contributed by atoms with Crippen LogP contribution in [0, 0.1) is 11.8 Å². The van der Waals surface area contributed by atoms with Crippen LogP contribution in [0.25, 0.3) is 0 Å². The Kier molecular flexibility index (Phi) is 5.69. The van der Waals surface area contributed by atoms with E-state index in [0.717, 1.165) is 48.3 Å². The van der Waals surface area contributed by atoms with Crippen molar-refractivity contribution >= 4 is 5.97 Å². The molecule has 2 fully saturated rings. The highest BCUT2D eigenvalue weighted by Gasteiger charge is 2.43. The second-order valence-electron chi connectivity index (χ2n) is 8.27. The van der Waals surface area contributed by atoms with Crippen molar-refractivity contribution in [1.29, 1.82) is 0 Å². The average Bonchev–Trinajstić information content (AvgIpc) is 3.23. The first kappa shape index (κ1) is 20.3. The summed E-state index contributed by atoms with van der Waals surface area (Å²) in [7, 11) is 1.66. The van der Waals surface area contributed by atoms with Gasteiger partial charge in [-0.1, -0.05) is 17.9 Å². The Hall–Kier alpha value is -2.97. The lowest BCUT2D eigenvalue weighted by Crippen LogP contribution is -2.48. The van der Waals surface area contributed by atoms with Gasteiger partial charge in [-0.3, -0.25) is 0 Å². The third-order valence-corrected chi connectivity index (χ3v) is 6.11. The van der Waals surface area contributed by atoms with Gasteiger partial charge in [0.1, 0.15) is 0 Å². The van der Waals surface area contributed by atoms with Crippen LogP contribution in [0.5, 0.6) is 11.5 Å². The summed E-state index contributed by atoms with van der Waals surface area (Å²) >= 11 is 0. The van der Waals surface area contributed by atoms with Gasteiger partial charge in [-0.05, 0) is 80.5 Å². The zero-order chi connectivity index (χ0) is 21.1. The van der Waals surface area contributed by atoms with Crippen molar-refractivity contribution in [1.82, 2.24) is 0 Å². The molecule has 0 bridgehead atoms. The Bertz CT molecular complexity index is 974. The fourth-order valence-electron chi connectivity index (χ4n) is 4.39. The van der Waals surface area contributed by atoms with Crippen molar-refractivity contribution in [2.45, 2.75) is 56.1 Å². The Labute approximate surface area is 177 Å². The molecule has 0 atom stereocenters. The summed E-state index contributed by atoms with van der Waals surface area (Å²) in [5, 5.41) is 9.06. The first-order valence-corrected chi connectivity index (χ1v) is 10.5. The first-order chi connectivity index (χ1) is 14.5. The number of rotatable bonds is 5. The monoisotopic (exact) mass is 405 g/mol. The van der Waals surface area contributed by atoms with Gasteiger partial charge in [0.2, 0.25) is 0 Å². The molecule has 5 nitrogen and oxygen atoms in total. The van der Waals surface area contributed by atoms with Gasteiger partial charge in [-0.25, -0.2) is 4.79 Å². The van der Waals surface area contributed by atoms with E-state index in [2.05, 4.69) is 24.0 Å². The zero-order valence-corrected chi connectivity index (χ0v) is 17.2. The van der Waals surface area contributed by atoms with Gasteiger partial charge in [-0.15, -0.1) is 0 Å². The van der Waals surface area contributed by atoms with Crippen molar-refractivity contribution < 1.29 is 19.4 Å². The number of hydrogen-bond donors (Lipinski definition) is 2. The van der Waals surface area contributed by atoms with E-state index >= 15 is 0 Å². The molecular weight excluding hydrogens is 378 g/mol. The first-order valence-electron chi connectivity index (χ1n) is 10.5. The average molecular weight is 405 g/mol. The fourth-order valence-corrected chi connectivity index (χ4v) is 4.39. The van der Waals surface area contributed by atoms with Gasteiger partial charge < -0.3 is 20.3 Å². The molecule has 3 N–H and O–H groups in total. The quantitative estimate of drug-likeness (QED) is 0.731. The molecule has 2 aromatic rings. The molecule has 0 radical (unpaired) electrons. The van der Waals surface area contributed by atoms with E-state index in [1.165, 1.54) is 12.8 Å². The Balaban J connectivity index is 1.63. The molecule has 2 aromatic carbocycles. The van der Waals surface area contributed by atoms with E-state index in [0.29, 0.717) is 0 Å². The van der Waals surface area contributed by atoms with Crippen molar-refractivity contribution in [3.63, 3.8) is 0 Å². The second-order valence-corrected chi connectivity index (χ2v) is 8.27. The molecular formula is C25H27NO4. The number of methoxy groups -OCH3 is 1. The van der Waals surface area contributed by atoms with Crippen LogP contribution in [0.2, 0.25) is 0 Å². The molecule has 0 unspecified atom stereocenters. The largest absolute Gasteiger partial charge is 0.493 e. The summed E-state index contributed by atoms with van der Waals surface area (Å²) in [5.74, 6) is 7.22. The molecule has 0 saturated heterocycles. The molecule has 0 amide bonds. The smallest absolute Gasteiger partial charge is 0.335 e. The molecule has 4 rings (SSSR count). The molecule has 2 aliphatic rings. The number of carboxylic acids is 1. The number of aromatic carboxylic acids is 1. The van der Waals surface area contributed by atoms with Crippen LogP contribution in [0.3, 0.4) is 0 Å². The van der Waals surface area contributed by atoms with E-state index in [-0.39, 0.29) is 23.1 Å². The van der Waals surface area contributed by atoms with Gasteiger partial charge in [0.05, 0.1) is 24.2 Å². The number of carboxylic acid groups (broad SMARTS) is 1. The summed E-state index contributed by atoms with van der Waals surface area (Å²) in [6.45, 7) is 0. The molecule has 5 heteroatoms. The normalized spacial score (nSPS) is 23.2. The summed E-state index contributed by atoms with van der Waals surface area (Å²) < 4.78 is 11.8. The van der Waals surface area contributed by atoms with E-state index in [4.69, 9.17) is 20.3 Å². The van der Waals surface area contributed by atoms with E-state index in [9.17, 15) is 4.79 Å². The number of benzene rings is 2. The number of nitrogens with two attached hydrogens (primary N) is 1. The Morgan fingerprint density at radius 3 is 2.40 bits per heavy atom. The minimum atomic E-state index is -0.941. The predicted molar refractivity (Wildman–Crippen MR) is 115 cm³/mol. The fraction of sp³-hybridized carbons (Fsp3) is 0.400. The molecule has 156 valence electrons. The van der Waals surface area contributed by atoms with Crippen LogP contribution in [-0.4, -0.2) is 30.3 Å². The van der Waals surface area contributed by atoms with Crippen LogP contribution in [0.15, 0.2) is 42.5 Å². The number of carbonyl (C=O) groups is 1. The van der Waals surface area contributed by atoms with Gasteiger partial charge in [0.25, 0.3) is 0 Å². The third-order valence-electron chi connectivity index (χ3n) is 6.11. The van der Waals surface area contributed by atoms with E-state index in [1.54, 1.807) is 31.4 Å². The lowest BCUT2D eigenvalue weighted by molar-refractivity contribution is 0.0697. The lowest BCUT2D eigenvalue weighted by atomic mass is 9.62. The zero-order valence-electron chi connectivity index (χ0n) is 17.2. The molecule has 2 saturated carbocycles. The third kappa shape index (κ3) is 4.15. The Morgan fingerprint density at radius 2 is 1.80 bits per heavy atom. The van der Waals surface area contributed by atoms with Gasteiger partial charge in [-0.2, -0.15) is 0 Å². The topological polar surface area (TPSA) is 81.8 Å². The number of hydrogen-bond acceptors (Lipinski definition) is 4. The van der Waals surface area contributed by atoms with Gasteiger partial charge in [0.15, 0.2) is 11.5 Å². The molecule has 2 aliphatic carbocycles. The van der Waals surface area contributed by atoms with Crippen LogP contribution >= 0.6 is 0 Å². The van der Waals surface area contributed by atoms with E-state index in [1.807, 2.05) is 6.07 Å². The van der Waals surface area contributed by atoms with Crippen molar-refractivity contribution in [3.8, 4) is 23.3 Å². The minimum absolute atomic E-state index is 0.120. The SMILES string of the molecule is COc1ccc([C@]2(C#Cc3ccc(C(=O)O)cc3)C[C@@H](N)C2)cc1OC1CCCC1. The molecule has 30 heavy (non-hydrogen) atoms. The number of ether oxygens (including phenoxy) is 2. The van der Waals surface area contributed by atoms with Gasteiger partial charge >= 0.3 is 5.97 Å². The summed E-state index contributed by atoms with van der Waals surface area (Å²) in [6.07, 6.45) is 6.37. The molecule has 0 aromatic heterocycles. The van der Waals surface area contributed by atoms with E-state index < -0.39 is 5.97 Å². The van der Waals surface area contributed by atoms with Crippen LogP contribution in [0.1, 0.15) is 60.0 Å². The maximum atomic E-state index is 11.0. The van der Waals surface area contributed by atoms with Crippen LogP contribution < -0.4 is 15.2 Å². The highest BCUT2D eigenvalue weighted by atomic mass is 16.5. The molecule has 0 spiro atoms. The van der Waals surface area contributed by atoms with Crippen LogP contribution in [-0.2, 0) is 5.41 Å². The van der Waals surface area contributed by atoms with Gasteiger partial charge in [0, 0.05) is 11.6 Å². The second kappa shape index (κ2) is 8.41. The highest BCUT2D eigenvalue weighted by molar-refractivity contribution is 5.87. The minimum Gasteiger partial charge on any atom is -0.493 e. The van der Waals surface area contributed by atoms with Crippen LogP contribution in [0.4, 0.5) is 0 Å². The lowest BCUT2D eigenvalue weighted by Gasteiger charge is -2.43. The standard InChI is InChI=1S/C25H27NO4/c1-29-22-11-10-19(14-23(22)30-21-4-2-3-5-21)25(15-20(26)16-25)13-12-17-6-8-18(9-7-17)24(27)28/h6-11,14,20-21H,2-5,15-16,26H2,1H3,(H,27,28)/t20-,25-. The predicted octanol–water partition coefficient (Wildman–Crippen LogP) is 4.13. The van der Waals surface area contributed by atoms with Crippen molar-refractivity contribution in [2.24, 2.45) is 5.73 Å². The van der Waals surface area contributed by atoms with Crippen molar-refractivity contribution in [2.75, 3.05) is 7.11 Å². The summed E-state index contributed by atoms with van der Waals surface area (Å²) in [5.41, 5.74) is 7.95. The highest BCUT2D eigenvalue weighted by Crippen LogP contribution is 2.45. The maximum absolute atomic E-state index is 11.0. The molecule has 0 heterocycles. The summed E-state index contributed by atoms with van der Waals surface area (Å²) in [4.78, 5) is 11.0. The van der Waals surface area contributed by atoms with Crippen molar-refractivity contribution in [3.05, 3.63) is 59.2 Å². The molecule has 0 aliphatic heterocycles. The summed E-state index contributed by atoms with van der Waals surface area (Å²) in [6, 6.07) is 12.8.